The lowest BCUT2D eigenvalue weighted by Gasteiger charge is -2.33. The lowest BCUT2D eigenvalue weighted by Crippen LogP contribution is -2.51. The van der Waals surface area contributed by atoms with E-state index in [0.29, 0.717) is 0 Å². The lowest BCUT2D eigenvalue weighted by atomic mass is 9.84. The number of alkyl halides is 2. The van der Waals surface area contributed by atoms with Gasteiger partial charge in [-0.3, -0.25) is 0 Å². The molecule has 0 spiro atoms. The van der Waals surface area contributed by atoms with Crippen molar-refractivity contribution in [2.24, 2.45) is 0 Å². The Morgan fingerprint density at radius 1 is 1.26 bits per heavy atom. The van der Waals surface area contributed by atoms with Crippen LogP contribution < -0.4 is 0 Å². The van der Waals surface area contributed by atoms with Gasteiger partial charge in [-0.1, -0.05) is 36.8 Å². The van der Waals surface area contributed by atoms with Crippen molar-refractivity contribution in [3.63, 3.8) is 0 Å². The molecule has 1 aromatic rings. The lowest BCUT2D eigenvalue weighted by molar-refractivity contribution is -0.218. The molecular weight excluding hydrogens is 254 g/mol. The monoisotopic (exact) mass is 272 g/mol. The molecule has 3 nitrogen and oxygen atoms in total. The van der Waals surface area contributed by atoms with Gasteiger partial charge >= 0.3 is 11.9 Å². The molecular formula is C14H18F2O3. The van der Waals surface area contributed by atoms with Crippen molar-refractivity contribution in [3.05, 3.63) is 35.4 Å². The number of rotatable bonds is 5. The van der Waals surface area contributed by atoms with Crippen LogP contribution in [0.5, 0.6) is 0 Å². The molecule has 1 N–H and O–H groups in total. The van der Waals surface area contributed by atoms with Crippen LogP contribution in [0.3, 0.4) is 0 Å². The summed E-state index contributed by atoms with van der Waals surface area (Å²) in [5, 5.41) is 10.3. The van der Waals surface area contributed by atoms with Gasteiger partial charge in [0, 0.05) is 0 Å². The van der Waals surface area contributed by atoms with Gasteiger partial charge in [0.25, 0.3) is 0 Å². The number of aryl methyl sites for hydroxylation is 1. The van der Waals surface area contributed by atoms with Crippen molar-refractivity contribution in [2.45, 2.75) is 38.7 Å². The summed E-state index contributed by atoms with van der Waals surface area (Å²) in [4.78, 5) is 11.4. The fourth-order valence-electron chi connectivity index (χ4n) is 1.83. The maximum Gasteiger partial charge on any atom is 0.380 e. The summed E-state index contributed by atoms with van der Waals surface area (Å²) in [5.74, 6) is -5.70. The van der Waals surface area contributed by atoms with Gasteiger partial charge in [-0.05, 0) is 25.8 Å². The van der Waals surface area contributed by atoms with Gasteiger partial charge in [0.05, 0.1) is 6.61 Å². The molecule has 19 heavy (non-hydrogen) atoms. The Labute approximate surface area is 111 Å². The highest BCUT2D eigenvalue weighted by Crippen LogP contribution is 2.41. The van der Waals surface area contributed by atoms with E-state index >= 15 is 0 Å². The minimum atomic E-state index is -3.99. The first-order valence-corrected chi connectivity index (χ1v) is 6.14. The number of hydrogen-bond donors (Lipinski definition) is 1. The highest BCUT2D eigenvalue weighted by Gasteiger charge is 2.59. The summed E-state index contributed by atoms with van der Waals surface area (Å²) in [6.07, 6.45) is -0.304. The van der Waals surface area contributed by atoms with Crippen LogP contribution in [0, 0.1) is 6.92 Å². The molecule has 1 unspecified atom stereocenters. The number of carbonyl (C=O) groups is 1. The van der Waals surface area contributed by atoms with Crippen LogP contribution in [-0.2, 0) is 15.1 Å². The summed E-state index contributed by atoms with van der Waals surface area (Å²) in [5.41, 5.74) is -1.69. The number of carbonyl (C=O) groups excluding carboxylic acids is 1. The highest BCUT2D eigenvalue weighted by atomic mass is 19.3. The standard InChI is InChI=1S/C14H18F2O3/c1-4-13(18,11-8-6-10(3)7-9-11)14(15,16)12(17)19-5-2/h6-9,18H,4-5H2,1-3H3. The number of benzene rings is 1. The molecule has 0 aliphatic rings. The summed E-state index contributed by atoms with van der Waals surface area (Å²) >= 11 is 0. The molecule has 0 saturated carbocycles. The fraction of sp³-hybridized carbons (Fsp3) is 0.500. The molecule has 0 heterocycles. The average Bonchev–Trinajstić information content (AvgIpc) is 2.38. The quantitative estimate of drug-likeness (QED) is 0.838. The molecule has 1 rings (SSSR count). The summed E-state index contributed by atoms with van der Waals surface area (Å²) in [6, 6.07) is 6.01. The molecule has 0 amide bonds. The van der Waals surface area contributed by atoms with E-state index in [2.05, 4.69) is 4.74 Å². The third-order valence-corrected chi connectivity index (χ3v) is 3.09. The maximum atomic E-state index is 14.1. The van der Waals surface area contributed by atoms with E-state index in [-0.39, 0.29) is 18.6 Å². The fourth-order valence-corrected chi connectivity index (χ4v) is 1.83. The number of hydrogen-bond acceptors (Lipinski definition) is 3. The van der Waals surface area contributed by atoms with E-state index in [0.717, 1.165) is 5.56 Å². The highest BCUT2D eigenvalue weighted by molar-refractivity contribution is 5.79. The largest absolute Gasteiger partial charge is 0.461 e. The predicted molar refractivity (Wildman–Crippen MR) is 66.9 cm³/mol. The minimum absolute atomic E-state index is 0.00125. The van der Waals surface area contributed by atoms with Gasteiger partial charge in [0.2, 0.25) is 0 Å². The number of halogens is 2. The van der Waals surface area contributed by atoms with Gasteiger partial charge in [-0.2, -0.15) is 8.78 Å². The molecule has 0 radical (unpaired) electrons. The molecule has 0 saturated heterocycles. The smallest absolute Gasteiger partial charge is 0.380 e. The second-order valence-electron chi connectivity index (χ2n) is 4.37. The molecule has 0 fully saturated rings. The van der Waals surface area contributed by atoms with Crippen molar-refractivity contribution >= 4 is 5.97 Å². The first kappa shape index (κ1) is 15.6. The summed E-state index contributed by atoms with van der Waals surface area (Å²) < 4.78 is 32.6. The van der Waals surface area contributed by atoms with E-state index in [1.165, 1.54) is 26.0 Å². The first-order valence-electron chi connectivity index (χ1n) is 6.14. The van der Waals surface area contributed by atoms with E-state index in [1.807, 2.05) is 0 Å². The van der Waals surface area contributed by atoms with Crippen LogP contribution in [-0.4, -0.2) is 23.6 Å². The minimum Gasteiger partial charge on any atom is -0.461 e. The Hall–Kier alpha value is -1.49. The van der Waals surface area contributed by atoms with Crippen molar-refractivity contribution in [2.75, 3.05) is 6.61 Å². The SMILES string of the molecule is CCOC(=O)C(F)(F)C(O)(CC)c1ccc(C)cc1. The zero-order valence-electron chi connectivity index (χ0n) is 11.2. The summed E-state index contributed by atoms with van der Waals surface area (Å²) in [7, 11) is 0. The third kappa shape index (κ3) is 2.76. The zero-order chi connectivity index (χ0) is 14.7. The van der Waals surface area contributed by atoms with Crippen LogP contribution in [0.4, 0.5) is 8.78 Å². The number of aliphatic hydroxyl groups is 1. The van der Waals surface area contributed by atoms with Gasteiger partial charge in [0.15, 0.2) is 5.60 Å². The Morgan fingerprint density at radius 3 is 2.21 bits per heavy atom. The van der Waals surface area contributed by atoms with Crippen molar-refractivity contribution in [1.82, 2.24) is 0 Å². The summed E-state index contributed by atoms with van der Waals surface area (Å²) in [6.45, 7) is 4.47. The Kier molecular flexibility index (Phi) is 4.63. The average molecular weight is 272 g/mol. The molecule has 0 aromatic heterocycles. The zero-order valence-corrected chi connectivity index (χ0v) is 11.2. The van der Waals surface area contributed by atoms with Crippen LogP contribution in [0.15, 0.2) is 24.3 Å². The second kappa shape index (κ2) is 5.65. The van der Waals surface area contributed by atoms with E-state index < -0.39 is 17.5 Å². The van der Waals surface area contributed by atoms with E-state index in [1.54, 1.807) is 19.1 Å². The maximum absolute atomic E-state index is 14.1. The van der Waals surface area contributed by atoms with Crippen LogP contribution in [0.2, 0.25) is 0 Å². The molecule has 1 atom stereocenters. The molecule has 0 bridgehead atoms. The molecule has 1 aromatic carbocycles. The first-order chi connectivity index (χ1) is 8.79. The molecule has 0 aliphatic heterocycles. The van der Waals surface area contributed by atoms with E-state index in [9.17, 15) is 18.7 Å². The van der Waals surface area contributed by atoms with E-state index in [4.69, 9.17) is 0 Å². The van der Waals surface area contributed by atoms with Crippen molar-refractivity contribution < 1.29 is 23.4 Å². The van der Waals surface area contributed by atoms with Gasteiger partial charge < -0.3 is 9.84 Å². The van der Waals surface area contributed by atoms with Gasteiger partial charge in [-0.15, -0.1) is 0 Å². The Morgan fingerprint density at radius 2 is 1.79 bits per heavy atom. The van der Waals surface area contributed by atoms with Gasteiger partial charge in [-0.25, -0.2) is 4.79 Å². The Bertz CT molecular complexity index is 443. The van der Waals surface area contributed by atoms with Crippen LogP contribution >= 0.6 is 0 Å². The molecule has 0 aliphatic carbocycles. The Balaban J connectivity index is 3.22. The van der Waals surface area contributed by atoms with Crippen LogP contribution in [0.1, 0.15) is 31.4 Å². The molecule has 5 heteroatoms. The molecule has 106 valence electrons. The number of esters is 1. The van der Waals surface area contributed by atoms with Gasteiger partial charge in [0.1, 0.15) is 0 Å². The second-order valence-corrected chi connectivity index (χ2v) is 4.37. The predicted octanol–water partition coefficient (Wildman–Crippen LogP) is 2.79. The third-order valence-electron chi connectivity index (χ3n) is 3.09. The van der Waals surface area contributed by atoms with Crippen molar-refractivity contribution in [3.8, 4) is 0 Å². The normalized spacial score (nSPS) is 14.8. The van der Waals surface area contributed by atoms with Crippen molar-refractivity contribution in [1.29, 1.82) is 0 Å². The topological polar surface area (TPSA) is 46.5 Å². The number of ether oxygens (including phenoxy) is 1. The van der Waals surface area contributed by atoms with Crippen LogP contribution in [0.25, 0.3) is 0 Å².